The summed E-state index contributed by atoms with van der Waals surface area (Å²) in [7, 11) is 0. The first-order valence-electron chi connectivity index (χ1n) is 11.1. The number of rotatable bonds is 4. The number of benzene rings is 1. The Morgan fingerprint density at radius 1 is 1.25 bits per heavy atom. The lowest BCUT2D eigenvalue weighted by molar-refractivity contribution is -0.192. The lowest BCUT2D eigenvalue weighted by Gasteiger charge is -2.45. The fraction of sp³-hybridized carbons (Fsp3) is 0.652. The van der Waals surface area contributed by atoms with Gasteiger partial charge in [-0.05, 0) is 44.1 Å². The fourth-order valence-electron chi connectivity index (χ4n) is 4.89. The molecule has 178 valence electrons. The Kier molecular flexibility index (Phi) is 7.82. The maximum atomic E-state index is 12.6. The van der Waals surface area contributed by atoms with Crippen molar-refractivity contribution in [1.82, 2.24) is 9.80 Å². The van der Waals surface area contributed by atoms with Crippen LogP contribution in [-0.2, 0) is 20.9 Å². The van der Waals surface area contributed by atoms with E-state index in [0.29, 0.717) is 11.8 Å². The summed E-state index contributed by atoms with van der Waals surface area (Å²) in [6.45, 7) is 8.16. The van der Waals surface area contributed by atoms with Crippen LogP contribution in [0.5, 0.6) is 0 Å². The SMILES string of the molecule is Cc1cccc(CN2C(=O)CCC23CCN(CC2CCOC2)CC3)c1.O=C(O)C(F)(F)F. The van der Waals surface area contributed by atoms with Crippen molar-refractivity contribution >= 4 is 11.9 Å². The van der Waals surface area contributed by atoms with E-state index in [1.807, 2.05) is 0 Å². The Bertz CT molecular complexity index is 801. The number of carbonyl (C=O) groups excluding carboxylic acids is 1. The third-order valence-electron chi connectivity index (χ3n) is 6.67. The molecule has 0 aliphatic carbocycles. The number of amides is 1. The van der Waals surface area contributed by atoms with Gasteiger partial charge in [-0.3, -0.25) is 4.79 Å². The number of carboxylic acids is 1. The molecule has 1 unspecified atom stereocenters. The van der Waals surface area contributed by atoms with Crippen LogP contribution in [0.25, 0.3) is 0 Å². The Morgan fingerprint density at radius 2 is 1.94 bits per heavy atom. The zero-order chi connectivity index (χ0) is 23.4. The van der Waals surface area contributed by atoms with Crippen molar-refractivity contribution in [2.24, 2.45) is 5.92 Å². The van der Waals surface area contributed by atoms with Crippen molar-refractivity contribution in [3.8, 4) is 0 Å². The van der Waals surface area contributed by atoms with Gasteiger partial charge in [0.25, 0.3) is 0 Å². The topological polar surface area (TPSA) is 70.1 Å². The second-order valence-electron chi connectivity index (χ2n) is 9.03. The maximum absolute atomic E-state index is 12.6. The van der Waals surface area contributed by atoms with E-state index in [1.54, 1.807) is 0 Å². The van der Waals surface area contributed by atoms with Gasteiger partial charge < -0.3 is 19.6 Å². The van der Waals surface area contributed by atoms with Crippen molar-refractivity contribution in [3.05, 3.63) is 35.4 Å². The van der Waals surface area contributed by atoms with Gasteiger partial charge in [0.2, 0.25) is 5.91 Å². The summed E-state index contributed by atoms with van der Waals surface area (Å²) in [5.74, 6) is -1.70. The van der Waals surface area contributed by atoms with Gasteiger partial charge in [-0.15, -0.1) is 0 Å². The average Bonchev–Trinajstić information content (AvgIpc) is 3.34. The number of ether oxygens (including phenoxy) is 1. The minimum absolute atomic E-state index is 0.101. The summed E-state index contributed by atoms with van der Waals surface area (Å²) in [5.41, 5.74) is 2.63. The molecule has 3 aliphatic rings. The van der Waals surface area contributed by atoms with Crippen LogP contribution in [0.15, 0.2) is 24.3 Å². The Hall–Kier alpha value is -2.13. The molecule has 3 fully saturated rings. The minimum Gasteiger partial charge on any atom is -0.475 e. The van der Waals surface area contributed by atoms with Gasteiger partial charge >= 0.3 is 12.1 Å². The average molecular weight is 457 g/mol. The van der Waals surface area contributed by atoms with Crippen molar-refractivity contribution in [2.45, 2.75) is 57.3 Å². The number of carboxylic acid groups (broad SMARTS) is 1. The molecular formula is C23H31F3N2O4. The largest absolute Gasteiger partial charge is 0.490 e. The molecule has 0 saturated carbocycles. The summed E-state index contributed by atoms with van der Waals surface area (Å²) in [6.07, 6.45) is 0.135. The molecule has 1 N–H and O–H groups in total. The number of carbonyl (C=O) groups is 2. The molecule has 0 aromatic heterocycles. The highest BCUT2D eigenvalue weighted by Gasteiger charge is 2.46. The summed E-state index contributed by atoms with van der Waals surface area (Å²) in [4.78, 5) is 26.3. The third-order valence-corrected chi connectivity index (χ3v) is 6.67. The van der Waals surface area contributed by atoms with E-state index >= 15 is 0 Å². The number of alkyl halides is 3. The molecule has 32 heavy (non-hydrogen) atoms. The molecule has 0 bridgehead atoms. The predicted octanol–water partition coefficient (Wildman–Crippen LogP) is 3.62. The minimum atomic E-state index is -5.08. The number of aryl methyl sites for hydroxylation is 1. The molecule has 3 heterocycles. The van der Waals surface area contributed by atoms with Crippen molar-refractivity contribution in [1.29, 1.82) is 0 Å². The van der Waals surface area contributed by atoms with Crippen molar-refractivity contribution in [2.75, 3.05) is 32.8 Å². The van der Waals surface area contributed by atoms with Gasteiger partial charge in [-0.25, -0.2) is 4.79 Å². The van der Waals surface area contributed by atoms with Crippen LogP contribution in [0.1, 0.15) is 43.2 Å². The fourth-order valence-corrected chi connectivity index (χ4v) is 4.89. The van der Waals surface area contributed by atoms with Crippen molar-refractivity contribution < 1.29 is 32.6 Å². The summed E-state index contributed by atoms with van der Waals surface area (Å²) in [6, 6.07) is 8.59. The summed E-state index contributed by atoms with van der Waals surface area (Å²) >= 11 is 0. The number of nitrogens with zero attached hydrogens (tertiary/aromatic N) is 2. The molecule has 1 spiro atoms. The molecule has 1 amide bonds. The highest BCUT2D eigenvalue weighted by molar-refractivity contribution is 5.79. The first kappa shape index (κ1) is 24.5. The standard InChI is InChI=1S/C21H30N2O2.C2HF3O2/c1-17-3-2-4-18(13-17)15-23-20(24)5-7-21(23)8-10-22(11-9-21)14-19-6-12-25-16-19;3-2(4,5)1(6)7/h2-4,13,19H,5-12,14-16H2,1H3;(H,6,7). The normalized spacial score (nSPS) is 23.3. The Morgan fingerprint density at radius 3 is 2.50 bits per heavy atom. The lowest BCUT2D eigenvalue weighted by atomic mass is 9.84. The Labute approximate surface area is 186 Å². The van der Waals surface area contributed by atoms with E-state index in [2.05, 4.69) is 41.0 Å². The molecule has 1 atom stereocenters. The molecule has 4 rings (SSSR count). The first-order valence-corrected chi connectivity index (χ1v) is 11.1. The van der Waals surface area contributed by atoms with E-state index < -0.39 is 12.1 Å². The molecule has 3 saturated heterocycles. The second kappa shape index (κ2) is 10.2. The summed E-state index contributed by atoms with van der Waals surface area (Å²) in [5, 5.41) is 7.12. The van der Waals surface area contributed by atoms with E-state index in [0.717, 1.165) is 58.5 Å². The van der Waals surface area contributed by atoms with Crippen LogP contribution in [0.4, 0.5) is 13.2 Å². The smallest absolute Gasteiger partial charge is 0.475 e. The number of hydrogen-bond acceptors (Lipinski definition) is 4. The molecule has 1 aromatic carbocycles. The van der Waals surface area contributed by atoms with Crippen LogP contribution in [0.2, 0.25) is 0 Å². The molecule has 1 aromatic rings. The molecule has 3 aliphatic heterocycles. The Balaban J connectivity index is 0.000000360. The number of aliphatic carboxylic acids is 1. The monoisotopic (exact) mass is 456 g/mol. The quantitative estimate of drug-likeness (QED) is 0.750. The van der Waals surface area contributed by atoms with Gasteiger partial charge in [0.05, 0.1) is 6.61 Å². The zero-order valence-electron chi connectivity index (χ0n) is 18.4. The predicted molar refractivity (Wildman–Crippen MR) is 112 cm³/mol. The van der Waals surface area contributed by atoms with E-state index in [9.17, 15) is 18.0 Å². The highest BCUT2D eigenvalue weighted by Crippen LogP contribution is 2.40. The van der Waals surface area contributed by atoms with Crippen LogP contribution >= 0.6 is 0 Å². The number of likely N-dealkylation sites (tertiary alicyclic amines) is 2. The van der Waals surface area contributed by atoms with Gasteiger partial charge in [-0.1, -0.05) is 29.8 Å². The number of piperidine rings is 1. The molecule has 9 heteroatoms. The summed E-state index contributed by atoms with van der Waals surface area (Å²) < 4.78 is 37.3. The van der Waals surface area contributed by atoms with E-state index in [1.165, 1.54) is 24.1 Å². The van der Waals surface area contributed by atoms with E-state index in [-0.39, 0.29) is 5.54 Å². The maximum Gasteiger partial charge on any atom is 0.490 e. The third kappa shape index (κ3) is 6.22. The van der Waals surface area contributed by atoms with Gasteiger partial charge in [0, 0.05) is 44.7 Å². The molecular weight excluding hydrogens is 425 g/mol. The first-order chi connectivity index (χ1) is 15.1. The van der Waals surface area contributed by atoms with Gasteiger partial charge in [0.15, 0.2) is 0 Å². The van der Waals surface area contributed by atoms with Crippen LogP contribution in [-0.4, -0.2) is 71.3 Å². The van der Waals surface area contributed by atoms with Gasteiger partial charge in [-0.2, -0.15) is 13.2 Å². The number of hydrogen-bond donors (Lipinski definition) is 1. The highest BCUT2D eigenvalue weighted by atomic mass is 19.4. The molecule has 6 nitrogen and oxygen atoms in total. The van der Waals surface area contributed by atoms with Crippen LogP contribution in [0, 0.1) is 12.8 Å². The van der Waals surface area contributed by atoms with Crippen LogP contribution < -0.4 is 0 Å². The van der Waals surface area contributed by atoms with Gasteiger partial charge in [0.1, 0.15) is 0 Å². The second-order valence-corrected chi connectivity index (χ2v) is 9.03. The van der Waals surface area contributed by atoms with Crippen LogP contribution in [0.3, 0.4) is 0 Å². The number of halogens is 3. The molecule has 0 radical (unpaired) electrons. The van der Waals surface area contributed by atoms with E-state index in [4.69, 9.17) is 14.6 Å². The lowest BCUT2D eigenvalue weighted by Crippen LogP contribution is -2.53. The van der Waals surface area contributed by atoms with Crippen molar-refractivity contribution in [3.63, 3.8) is 0 Å². The zero-order valence-corrected chi connectivity index (χ0v) is 18.4.